The molecule has 0 atom stereocenters. The number of amides is 1. The molecule has 4 aromatic rings. The molecule has 0 saturated carbocycles. The van der Waals surface area contributed by atoms with Crippen LogP contribution in [-0.2, 0) is 6.18 Å². The van der Waals surface area contributed by atoms with Crippen molar-refractivity contribution in [1.82, 2.24) is 9.97 Å². The number of aromatic nitrogens is 2. The molecule has 1 heterocycles. The van der Waals surface area contributed by atoms with E-state index in [-0.39, 0.29) is 5.56 Å². The molecule has 0 bridgehead atoms. The van der Waals surface area contributed by atoms with Crippen LogP contribution >= 0.6 is 0 Å². The van der Waals surface area contributed by atoms with Gasteiger partial charge in [0.2, 0.25) is 0 Å². The van der Waals surface area contributed by atoms with E-state index in [1.54, 1.807) is 30.3 Å². The van der Waals surface area contributed by atoms with E-state index in [4.69, 9.17) is 15.2 Å². The number of hydrogen-bond acceptors (Lipinski definition) is 7. The number of fused-ring (bicyclic) bond motifs is 1. The second-order valence-electron chi connectivity index (χ2n) is 8.42. The van der Waals surface area contributed by atoms with Crippen molar-refractivity contribution in [2.75, 3.05) is 30.9 Å². The summed E-state index contributed by atoms with van der Waals surface area (Å²) in [5.74, 6) is 0.872. The first kappa shape index (κ1) is 26.7. The molecular weight excluding hydrogens is 499 g/mol. The largest absolute Gasteiger partial charge is 0.493 e. The molecule has 0 aliphatic carbocycles. The van der Waals surface area contributed by atoms with Crippen LogP contribution in [0.5, 0.6) is 11.5 Å². The maximum atomic E-state index is 13.0. The van der Waals surface area contributed by atoms with Crippen molar-refractivity contribution in [3.63, 3.8) is 0 Å². The molecule has 0 radical (unpaired) electrons. The first-order valence-electron chi connectivity index (χ1n) is 11.7. The van der Waals surface area contributed by atoms with Crippen LogP contribution in [0.25, 0.3) is 10.9 Å². The Kier molecular flexibility index (Phi) is 7.96. The van der Waals surface area contributed by atoms with Crippen LogP contribution < -0.4 is 25.8 Å². The number of hydrogen-bond donors (Lipinski definition) is 3. The number of nitrogens with two attached hydrogens (primary N) is 1. The smallest absolute Gasteiger partial charge is 0.416 e. The monoisotopic (exact) mass is 525 g/mol. The Morgan fingerprint density at radius 2 is 1.87 bits per heavy atom. The van der Waals surface area contributed by atoms with Crippen LogP contribution in [-0.4, -0.2) is 36.1 Å². The first-order valence-corrected chi connectivity index (χ1v) is 11.7. The average molecular weight is 526 g/mol. The molecule has 0 unspecified atom stereocenters. The summed E-state index contributed by atoms with van der Waals surface area (Å²) in [7, 11) is 1.54. The Bertz CT molecular complexity index is 1460. The van der Waals surface area contributed by atoms with Gasteiger partial charge in [0.05, 0.1) is 24.8 Å². The normalized spacial score (nSPS) is 11.3. The number of carbonyl (C=O) groups is 1. The zero-order valence-electron chi connectivity index (χ0n) is 20.7. The third-order valence-corrected chi connectivity index (χ3v) is 5.73. The van der Waals surface area contributed by atoms with Crippen LogP contribution in [0.2, 0.25) is 0 Å². The van der Waals surface area contributed by atoms with Gasteiger partial charge in [0, 0.05) is 28.4 Å². The van der Waals surface area contributed by atoms with E-state index in [9.17, 15) is 18.0 Å². The zero-order valence-corrected chi connectivity index (χ0v) is 20.7. The molecule has 0 aliphatic heterocycles. The average Bonchev–Trinajstić information content (AvgIpc) is 2.90. The van der Waals surface area contributed by atoms with Gasteiger partial charge in [-0.15, -0.1) is 0 Å². The van der Waals surface area contributed by atoms with Gasteiger partial charge >= 0.3 is 6.18 Å². The number of benzene rings is 3. The lowest BCUT2D eigenvalue weighted by Gasteiger charge is -2.15. The van der Waals surface area contributed by atoms with Gasteiger partial charge < -0.3 is 25.8 Å². The summed E-state index contributed by atoms with van der Waals surface area (Å²) in [6, 6.07) is 12.9. The predicted molar refractivity (Wildman–Crippen MR) is 139 cm³/mol. The second kappa shape index (κ2) is 11.3. The zero-order chi connectivity index (χ0) is 27.3. The van der Waals surface area contributed by atoms with E-state index >= 15 is 0 Å². The summed E-state index contributed by atoms with van der Waals surface area (Å²) in [6.07, 6.45) is -2.44. The number of ether oxygens (including phenoxy) is 2. The third-order valence-electron chi connectivity index (χ3n) is 5.73. The minimum atomic E-state index is -4.54. The molecule has 11 heteroatoms. The Hall–Kier alpha value is -4.38. The number of nitrogens with zero attached hydrogens (tertiary/aromatic N) is 2. The summed E-state index contributed by atoms with van der Waals surface area (Å²) in [4.78, 5) is 21.4. The van der Waals surface area contributed by atoms with Crippen molar-refractivity contribution in [2.24, 2.45) is 5.73 Å². The topological polar surface area (TPSA) is 111 Å². The van der Waals surface area contributed by atoms with E-state index < -0.39 is 17.6 Å². The van der Waals surface area contributed by atoms with Crippen LogP contribution in [0.4, 0.5) is 30.4 Å². The number of halogens is 3. The third kappa shape index (κ3) is 6.12. The molecule has 4 rings (SSSR count). The van der Waals surface area contributed by atoms with Gasteiger partial charge in [-0.25, -0.2) is 9.97 Å². The maximum absolute atomic E-state index is 13.0. The molecule has 4 N–H and O–H groups in total. The number of rotatable bonds is 9. The standard InChI is InChI=1S/C27H26F3N5O3/c1-16-7-8-19(34-26(36)17-5-3-6-18(11-17)27(28,29)30)12-21(16)35-25-20-13-23(37-2)24(38-10-4-9-31)14-22(20)32-15-33-25/h3,5-8,11-15H,4,9-10,31H2,1-2H3,(H,34,36)(H,32,33,35). The van der Waals surface area contributed by atoms with Gasteiger partial charge in [0.1, 0.15) is 12.1 Å². The number of nitrogens with one attached hydrogen (secondary N) is 2. The highest BCUT2D eigenvalue weighted by atomic mass is 19.4. The SMILES string of the molecule is COc1cc2c(Nc3cc(NC(=O)c4cccc(C(F)(F)F)c4)ccc3C)ncnc2cc1OCCCN. The Morgan fingerprint density at radius 3 is 2.61 bits per heavy atom. The summed E-state index contributed by atoms with van der Waals surface area (Å²) in [5.41, 5.74) is 7.05. The molecule has 8 nitrogen and oxygen atoms in total. The molecule has 0 spiro atoms. The number of aryl methyl sites for hydroxylation is 1. The fourth-order valence-electron chi connectivity index (χ4n) is 3.70. The molecule has 0 saturated heterocycles. The van der Waals surface area contributed by atoms with Gasteiger partial charge in [0.25, 0.3) is 5.91 Å². The Labute approximate surface area is 217 Å². The molecule has 0 fully saturated rings. The minimum Gasteiger partial charge on any atom is -0.493 e. The predicted octanol–water partition coefficient (Wildman–Crippen LogP) is 5.69. The van der Waals surface area contributed by atoms with E-state index in [0.29, 0.717) is 59.2 Å². The molecular formula is C27H26F3N5O3. The molecule has 38 heavy (non-hydrogen) atoms. The molecule has 1 amide bonds. The van der Waals surface area contributed by atoms with Crippen molar-refractivity contribution in [1.29, 1.82) is 0 Å². The minimum absolute atomic E-state index is 0.103. The lowest BCUT2D eigenvalue weighted by Crippen LogP contribution is -2.14. The van der Waals surface area contributed by atoms with E-state index in [1.807, 2.05) is 6.92 Å². The summed E-state index contributed by atoms with van der Waals surface area (Å²) >= 11 is 0. The highest BCUT2D eigenvalue weighted by Crippen LogP contribution is 2.35. The van der Waals surface area contributed by atoms with Gasteiger partial charge in [-0.1, -0.05) is 12.1 Å². The van der Waals surface area contributed by atoms with Crippen LogP contribution in [0.1, 0.15) is 27.9 Å². The summed E-state index contributed by atoms with van der Waals surface area (Å²) in [6.45, 7) is 2.81. The van der Waals surface area contributed by atoms with E-state index in [1.165, 1.54) is 25.6 Å². The number of anilines is 3. The highest BCUT2D eigenvalue weighted by Gasteiger charge is 2.30. The van der Waals surface area contributed by atoms with E-state index in [2.05, 4.69) is 20.6 Å². The first-order chi connectivity index (χ1) is 18.2. The number of carbonyl (C=O) groups excluding carboxylic acids is 1. The van der Waals surface area contributed by atoms with Gasteiger partial charge in [-0.05, 0) is 61.9 Å². The van der Waals surface area contributed by atoms with Crippen molar-refractivity contribution < 1.29 is 27.4 Å². The molecule has 0 aliphatic rings. The summed E-state index contributed by atoms with van der Waals surface area (Å²) < 4.78 is 50.4. The number of alkyl halides is 3. The van der Waals surface area contributed by atoms with Crippen LogP contribution in [0, 0.1) is 6.92 Å². The highest BCUT2D eigenvalue weighted by molar-refractivity contribution is 6.04. The second-order valence-corrected chi connectivity index (χ2v) is 8.42. The van der Waals surface area contributed by atoms with Crippen LogP contribution in [0.3, 0.4) is 0 Å². The molecule has 1 aromatic heterocycles. The van der Waals surface area contributed by atoms with Crippen molar-refractivity contribution >= 4 is 34.0 Å². The van der Waals surface area contributed by atoms with Crippen molar-refractivity contribution in [3.8, 4) is 11.5 Å². The Morgan fingerprint density at radius 1 is 1.05 bits per heavy atom. The summed E-state index contributed by atoms with van der Waals surface area (Å²) in [5, 5.41) is 6.58. The van der Waals surface area contributed by atoms with Crippen molar-refractivity contribution in [3.05, 3.63) is 77.6 Å². The number of methoxy groups -OCH3 is 1. The van der Waals surface area contributed by atoms with Crippen LogP contribution in [0.15, 0.2) is 60.9 Å². The molecule has 3 aromatic carbocycles. The lowest BCUT2D eigenvalue weighted by atomic mass is 10.1. The van der Waals surface area contributed by atoms with Gasteiger partial charge in [-0.3, -0.25) is 4.79 Å². The van der Waals surface area contributed by atoms with Gasteiger partial charge in [0.15, 0.2) is 11.5 Å². The lowest BCUT2D eigenvalue weighted by molar-refractivity contribution is -0.137. The maximum Gasteiger partial charge on any atom is 0.416 e. The Balaban J connectivity index is 1.59. The molecule has 198 valence electrons. The fourth-order valence-corrected chi connectivity index (χ4v) is 3.70. The van der Waals surface area contributed by atoms with E-state index in [0.717, 1.165) is 17.7 Å². The van der Waals surface area contributed by atoms with Gasteiger partial charge in [-0.2, -0.15) is 13.2 Å². The quantitative estimate of drug-likeness (QED) is 0.241. The fraction of sp³-hybridized carbons (Fsp3) is 0.222. The van der Waals surface area contributed by atoms with Crippen molar-refractivity contribution in [2.45, 2.75) is 19.5 Å².